The molecule has 1 aromatic heterocycles. The number of benzene rings is 2. The number of fused-ring (bicyclic) bond motifs is 1. The molecule has 0 bridgehead atoms. The lowest BCUT2D eigenvalue weighted by Crippen LogP contribution is -2.30. The van der Waals surface area contributed by atoms with Crippen molar-refractivity contribution in [1.29, 1.82) is 0 Å². The normalized spacial score (nSPS) is 12.3. The molecule has 0 aliphatic rings. The molecule has 130 valence electrons. The van der Waals surface area contributed by atoms with Crippen LogP contribution in [0, 0.1) is 0 Å². The largest absolute Gasteiger partial charge is 0.348 e. The van der Waals surface area contributed by atoms with Crippen molar-refractivity contribution in [3.8, 4) is 0 Å². The molecule has 1 atom stereocenters. The average Bonchev–Trinajstić information content (AvgIpc) is 2.95. The molecule has 1 N–H and O–H groups in total. The van der Waals surface area contributed by atoms with E-state index in [4.69, 9.17) is 23.2 Å². The van der Waals surface area contributed by atoms with Gasteiger partial charge in [0.05, 0.1) is 27.1 Å². The minimum Gasteiger partial charge on any atom is -0.348 e. The minimum absolute atomic E-state index is 0.0728. The van der Waals surface area contributed by atoms with Gasteiger partial charge in [0.1, 0.15) is 12.4 Å². The van der Waals surface area contributed by atoms with E-state index in [2.05, 4.69) is 10.3 Å². The summed E-state index contributed by atoms with van der Waals surface area (Å²) in [6.07, 6.45) is 0.768. The quantitative estimate of drug-likeness (QED) is 0.697. The summed E-state index contributed by atoms with van der Waals surface area (Å²) in [7, 11) is 0. The Bertz CT molecular complexity index is 920. The van der Waals surface area contributed by atoms with Crippen LogP contribution < -0.4 is 5.32 Å². The number of imidazole rings is 1. The number of carbonyl (C=O) groups excluding carboxylic acids is 1. The van der Waals surface area contributed by atoms with Crippen molar-refractivity contribution < 1.29 is 4.79 Å². The Hall–Kier alpha value is -2.04. The summed E-state index contributed by atoms with van der Waals surface area (Å²) in [6, 6.07) is 13.1. The zero-order valence-electron chi connectivity index (χ0n) is 14.1. The lowest BCUT2D eigenvalue weighted by molar-refractivity contribution is -0.122. The lowest BCUT2D eigenvalue weighted by atomic mass is 10.1. The van der Waals surface area contributed by atoms with E-state index in [9.17, 15) is 4.79 Å². The predicted octanol–water partition coefficient (Wildman–Crippen LogP) is 4.78. The van der Waals surface area contributed by atoms with Crippen molar-refractivity contribution in [3.05, 3.63) is 63.9 Å². The second-order valence-electron chi connectivity index (χ2n) is 5.92. The molecule has 25 heavy (non-hydrogen) atoms. The number of carbonyl (C=O) groups is 1. The summed E-state index contributed by atoms with van der Waals surface area (Å²) in [5.41, 5.74) is 2.79. The van der Waals surface area contributed by atoms with E-state index >= 15 is 0 Å². The number of rotatable bonds is 5. The van der Waals surface area contributed by atoms with Gasteiger partial charge in [0.25, 0.3) is 0 Å². The molecule has 0 radical (unpaired) electrons. The number of amides is 1. The van der Waals surface area contributed by atoms with E-state index in [0.29, 0.717) is 10.0 Å². The monoisotopic (exact) mass is 375 g/mol. The van der Waals surface area contributed by atoms with Crippen molar-refractivity contribution in [2.75, 3.05) is 0 Å². The molecule has 1 heterocycles. The number of nitrogens with zero attached hydrogens (tertiary/aromatic N) is 2. The average molecular weight is 376 g/mol. The Morgan fingerprint density at radius 3 is 2.68 bits per heavy atom. The summed E-state index contributed by atoms with van der Waals surface area (Å²) in [5, 5.41) is 3.99. The fraction of sp³-hybridized carbons (Fsp3) is 0.263. The van der Waals surface area contributed by atoms with Crippen LogP contribution in [0.5, 0.6) is 0 Å². The molecule has 0 saturated carbocycles. The highest BCUT2D eigenvalue weighted by Gasteiger charge is 2.15. The first-order valence-corrected chi connectivity index (χ1v) is 8.93. The highest BCUT2D eigenvalue weighted by Crippen LogP contribution is 2.25. The Morgan fingerprint density at radius 2 is 1.96 bits per heavy atom. The van der Waals surface area contributed by atoms with Gasteiger partial charge in [-0.15, -0.1) is 0 Å². The van der Waals surface area contributed by atoms with Crippen LogP contribution in [0.25, 0.3) is 11.0 Å². The first-order valence-electron chi connectivity index (χ1n) is 8.18. The van der Waals surface area contributed by atoms with Crippen molar-refractivity contribution in [2.24, 2.45) is 0 Å². The maximum absolute atomic E-state index is 12.5. The van der Waals surface area contributed by atoms with Gasteiger partial charge in [-0.25, -0.2) is 4.98 Å². The molecular formula is C19H19Cl2N3O. The fourth-order valence-corrected chi connectivity index (χ4v) is 3.17. The van der Waals surface area contributed by atoms with Crippen molar-refractivity contribution in [2.45, 2.75) is 32.9 Å². The summed E-state index contributed by atoms with van der Waals surface area (Å²) < 4.78 is 1.96. The Morgan fingerprint density at radius 1 is 1.20 bits per heavy atom. The summed E-state index contributed by atoms with van der Waals surface area (Å²) in [4.78, 5) is 17.1. The van der Waals surface area contributed by atoms with E-state index in [0.717, 1.165) is 28.8 Å². The third-order valence-corrected chi connectivity index (χ3v) is 4.91. The van der Waals surface area contributed by atoms with E-state index in [-0.39, 0.29) is 18.5 Å². The molecule has 3 aromatic rings. The van der Waals surface area contributed by atoms with Crippen LogP contribution in [-0.2, 0) is 17.8 Å². The molecule has 3 rings (SSSR count). The minimum atomic E-state index is -0.165. The van der Waals surface area contributed by atoms with Crippen LogP contribution in [0.1, 0.15) is 31.3 Å². The van der Waals surface area contributed by atoms with Gasteiger partial charge in [-0.3, -0.25) is 4.79 Å². The first kappa shape index (κ1) is 17.8. The van der Waals surface area contributed by atoms with Gasteiger partial charge >= 0.3 is 0 Å². The second kappa shape index (κ2) is 7.46. The smallest absolute Gasteiger partial charge is 0.240 e. The molecule has 1 unspecified atom stereocenters. The van der Waals surface area contributed by atoms with Crippen LogP contribution in [0.4, 0.5) is 0 Å². The van der Waals surface area contributed by atoms with Gasteiger partial charge in [-0.05, 0) is 36.8 Å². The summed E-state index contributed by atoms with van der Waals surface area (Å²) in [6.45, 7) is 4.19. The van der Waals surface area contributed by atoms with Gasteiger partial charge < -0.3 is 9.88 Å². The highest BCUT2D eigenvalue weighted by atomic mass is 35.5. The molecule has 0 spiro atoms. The van der Waals surface area contributed by atoms with Crippen LogP contribution in [-0.4, -0.2) is 15.5 Å². The molecule has 6 heteroatoms. The molecule has 1 amide bonds. The van der Waals surface area contributed by atoms with Gasteiger partial charge in [-0.2, -0.15) is 0 Å². The van der Waals surface area contributed by atoms with Crippen molar-refractivity contribution >= 4 is 40.1 Å². The number of hydrogen-bond acceptors (Lipinski definition) is 2. The van der Waals surface area contributed by atoms with Crippen LogP contribution in [0.15, 0.2) is 42.5 Å². The molecule has 0 aliphatic heterocycles. The Kier molecular flexibility index (Phi) is 5.30. The van der Waals surface area contributed by atoms with Crippen molar-refractivity contribution in [1.82, 2.24) is 14.9 Å². The topological polar surface area (TPSA) is 46.9 Å². The van der Waals surface area contributed by atoms with E-state index in [1.54, 1.807) is 12.1 Å². The maximum atomic E-state index is 12.5. The Balaban J connectivity index is 1.77. The third-order valence-electron chi connectivity index (χ3n) is 4.17. The molecule has 0 aliphatic carbocycles. The zero-order valence-corrected chi connectivity index (χ0v) is 15.6. The van der Waals surface area contributed by atoms with Gasteiger partial charge in [-0.1, -0.05) is 48.3 Å². The number of aryl methyl sites for hydroxylation is 1. The van der Waals surface area contributed by atoms with E-state index < -0.39 is 0 Å². The summed E-state index contributed by atoms with van der Waals surface area (Å²) in [5.74, 6) is 0.829. The number of aromatic nitrogens is 2. The van der Waals surface area contributed by atoms with Crippen molar-refractivity contribution in [3.63, 3.8) is 0 Å². The molecule has 0 fully saturated rings. The highest BCUT2D eigenvalue weighted by molar-refractivity contribution is 6.42. The van der Waals surface area contributed by atoms with Crippen LogP contribution >= 0.6 is 23.2 Å². The van der Waals surface area contributed by atoms with Gasteiger partial charge in [0.15, 0.2) is 0 Å². The first-order chi connectivity index (χ1) is 12.0. The third kappa shape index (κ3) is 3.80. The molecule has 4 nitrogen and oxygen atoms in total. The fourth-order valence-electron chi connectivity index (χ4n) is 2.87. The van der Waals surface area contributed by atoms with Gasteiger partial charge in [0.2, 0.25) is 5.91 Å². The maximum Gasteiger partial charge on any atom is 0.240 e. The predicted molar refractivity (Wildman–Crippen MR) is 102 cm³/mol. The number of halogens is 2. The number of para-hydroxylation sites is 2. The lowest BCUT2D eigenvalue weighted by Gasteiger charge is -2.16. The van der Waals surface area contributed by atoms with Gasteiger partial charge in [0, 0.05) is 6.42 Å². The van der Waals surface area contributed by atoms with E-state index in [1.165, 1.54) is 0 Å². The SMILES string of the molecule is CCc1nc2ccccc2n1CC(=O)NC(C)c1ccc(Cl)c(Cl)c1. The Labute approximate surface area is 156 Å². The second-order valence-corrected chi connectivity index (χ2v) is 6.73. The standard InChI is InChI=1S/C19H19Cl2N3O/c1-3-18-23-16-6-4-5-7-17(16)24(18)11-19(25)22-12(2)13-8-9-14(20)15(21)10-13/h4-10,12H,3,11H2,1-2H3,(H,22,25). The zero-order chi connectivity index (χ0) is 18.0. The molecule has 2 aromatic carbocycles. The number of nitrogens with one attached hydrogen (secondary N) is 1. The van der Waals surface area contributed by atoms with E-state index in [1.807, 2.05) is 48.7 Å². The van der Waals surface area contributed by atoms with Crippen LogP contribution in [0.3, 0.4) is 0 Å². The summed E-state index contributed by atoms with van der Waals surface area (Å²) >= 11 is 12.0. The molecule has 0 saturated heterocycles. The number of hydrogen-bond donors (Lipinski definition) is 1. The van der Waals surface area contributed by atoms with Crippen LogP contribution in [0.2, 0.25) is 10.0 Å². The molecular weight excluding hydrogens is 357 g/mol.